The number of benzene rings is 1. The molecular weight excluding hydrogens is 372 g/mol. The van der Waals surface area contributed by atoms with Gasteiger partial charge in [0.2, 0.25) is 0 Å². The third-order valence-electron chi connectivity index (χ3n) is 6.68. The van der Waals surface area contributed by atoms with Crippen molar-refractivity contribution in [3.8, 4) is 11.3 Å². The summed E-state index contributed by atoms with van der Waals surface area (Å²) in [6, 6.07) is 8.78. The quantitative estimate of drug-likeness (QED) is 0.555. The molecule has 0 bridgehead atoms. The van der Waals surface area contributed by atoms with Crippen molar-refractivity contribution in [3.63, 3.8) is 0 Å². The summed E-state index contributed by atoms with van der Waals surface area (Å²) in [5.74, 6) is 1.91. The molecule has 3 aromatic heterocycles. The van der Waals surface area contributed by atoms with Crippen molar-refractivity contribution in [2.45, 2.75) is 45.6 Å². The monoisotopic (exact) mass is 398 g/mol. The highest BCUT2D eigenvalue weighted by molar-refractivity contribution is 5.95. The fourth-order valence-corrected chi connectivity index (χ4v) is 4.84. The first-order valence-corrected chi connectivity index (χ1v) is 10.8. The lowest BCUT2D eigenvalue weighted by atomic mass is 9.95. The maximum atomic E-state index is 5.14. The van der Waals surface area contributed by atoms with E-state index in [2.05, 4.69) is 64.9 Å². The summed E-state index contributed by atoms with van der Waals surface area (Å²) in [7, 11) is 2.07. The molecule has 1 aliphatic carbocycles. The first-order valence-electron chi connectivity index (χ1n) is 10.8. The molecule has 1 aromatic carbocycles. The van der Waals surface area contributed by atoms with Crippen molar-refractivity contribution >= 4 is 16.7 Å². The van der Waals surface area contributed by atoms with Gasteiger partial charge in [0.15, 0.2) is 0 Å². The van der Waals surface area contributed by atoms with Gasteiger partial charge in [-0.3, -0.25) is 14.8 Å². The SMILES string of the molecule is Cc1cc(-c2c(C)ccc3[nH]ncc23)nc2c1CN(c1cc(C3CC3)nn1C)CC2. The van der Waals surface area contributed by atoms with Crippen molar-refractivity contribution in [3.05, 3.63) is 58.5 Å². The van der Waals surface area contributed by atoms with Crippen molar-refractivity contribution in [1.82, 2.24) is 25.0 Å². The van der Waals surface area contributed by atoms with Gasteiger partial charge < -0.3 is 4.90 Å². The van der Waals surface area contributed by atoms with Gasteiger partial charge in [0, 0.05) is 55.2 Å². The molecule has 30 heavy (non-hydrogen) atoms. The van der Waals surface area contributed by atoms with E-state index in [9.17, 15) is 0 Å². The maximum absolute atomic E-state index is 5.14. The Morgan fingerprint density at radius 3 is 2.80 bits per heavy atom. The molecule has 6 heteroatoms. The van der Waals surface area contributed by atoms with E-state index in [1.165, 1.54) is 52.3 Å². The minimum Gasteiger partial charge on any atom is -0.352 e. The lowest BCUT2D eigenvalue weighted by Gasteiger charge is -2.31. The average molecular weight is 399 g/mol. The third-order valence-corrected chi connectivity index (χ3v) is 6.68. The molecule has 0 spiro atoms. The highest BCUT2D eigenvalue weighted by Gasteiger charge is 2.29. The Balaban J connectivity index is 1.38. The highest BCUT2D eigenvalue weighted by atomic mass is 15.4. The summed E-state index contributed by atoms with van der Waals surface area (Å²) in [4.78, 5) is 7.59. The number of anilines is 1. The number of nitrogens with one attached hydrogen (secondary N) is 1. The first-order chi connectivity index (χ1) is 14.6. The van der Waals surface area contributed by atoms with E-state index < -0.39 is 0 Å². The Labute approximate surface area is 175 Å². The van der Waals surface area contributed by atoms with E-state index in [1.807, 2.05) is 6.20 Å². The fraction of sp³-hybridized carbons (Fsp3) is 0.375. The van der Waals surface area contributed by atoms with Gasteiger partial charge in [0.05, 0.1) is 23.1 Å². The van der Waals surface area contributed by atoms with Crippen LogP contribution in [0, 0.1) is 13.8 Å². The fourth-order valence-electron chi connectivity index (χ4n) is 4.84. The van der Waals surface area contributed by atoms with Gasteiger partial charge in [0.1, 0.15) is 5.82 Å². The van der Waals surface area contributed by atoms with Gasteiger partial charge in [-0.1, -0.05) is 6.07 Å². The Kier molecular flexibility index (Phi) is 3.79. The van der Waals surface area contributed by atoms with E-state index in [4.69, 9.17) is 10.1 Å². The number of aromatic nitrogens is 5. The van der Waals surface area contributed by atoms with E-state index >= 15 is 0 Å². The zero-order valence-electron chi connectivity index (χ0n) is 17.7. The predicted octanol–water partition coefficient (Wildman–Crippen LogP) is 4.42. The van der Waals surface area contributed by atoms with Crippen LogP contribution in [0.5, 0.6) is 0 Å². The van der Waals surface area contributed by atoms with E-state index in [1.54, 1.807) is 0 Å². The largest absolute Gasteiger partial charge is 0.352 e. The molecule has 152 valence electrons. The highest BCUT2D eigenvalue weighted by Crippen LogP contribution is 2.41. The molecule has 1 saturated carbocycles. The van der Waals surface area contributed by atoms with Crippen LogP contribution >= 0.6 is 0 Å². The second-order valence-electron chi connectivity index (χ2n) is 8.84. The second kappa shape index (κ2) is 6.42. The smallest absolute Gasteiger partial charge is 0.127 e. The van der Waals surface area contributed by atoms with Crippen LogP contribution in [0.25, 0.3) is 22.2 Å². The summed E-state index contributed by atoms with van der Waals surface area (Å²) in [6.07, 6.45) is 5.44. The summed E-state index contributed by atoms with van der Waals surface area (Å²) in [5, 5.41) is 13.2. The van der Waals surface area contributed by atoms with Crippen LogP contribution in [0.3, 0.4) is 0 Å². The van der Waals surface area contributed by atoms with Crippen molar-refractivity contribution in [2.75, 3.05) is 11.4 Å². The van der Waals surface area contributed by atoms with E-state index in [0.717, 1.165) is 36.1 Å². The zero-order chi connectivity index (χ0) is 20.4. The van der Waals surface area contributed by atoms with Gasteiger partial charge in [-0.2, -0.15) is 10.2 Å². The van der Waals surface area contributed by atoms with E-state index in [-0.39, 0.29) is 0 Å². The average Bonchev–Trinajstić information content (AvgIpc) is 3.35. The predicted molar refractivity (Wildman–Crippen MR) is 119 cm³/mol. The summed E-state index contributed by atoms with van der Waals surface area (Å²) in [6.45, 7) is 6.24. The minimum atomic E-state index is 0.682. The van der Waals surface area contributed by atoms with Crippen LogP contribution in [0.2, 0.25) is 0 Å². The molecule has 6 nitrogen and oxygen atoms in total. The van der Waals surface area contributed by atoms with Crippen LogP contribution in [-0.4, -0.2) is 31.5 Å². The molecule has 1 N–H and O–H groups in total. The molecular formula is C24H26N6. The lowest BCUT2D eigenvalue weighted by Crippen LogP contribution is -2.33. The molecule has 2 aliphatic rings. The summed E-state index contributed by atoms with van der Waals surface area (Å²) >= 11 is 0. The number of rotatable bonds is 3. The van der Waals surface area contributed by atoms with E-state index in [0.29, 0.717) is 5.92 Å². The molecule has 4 aromatic rings. The number of aromatic amines is 1. The topological polar surface area (TPSA) is 62.6 Å². The number of pyridine rings is 1. The summed E-state index contributed by atoms with van der Waals surface area (Å²) < 4.78 is 2.05. The Bertz CT molecular complexity index is 1280. The summed E-state index contributed by atoms with van der Waals surface area (Å²) in [5.41, 5.74) is 9.69. The third kappa shape index (κ3) is 2.74. The minimum absolute atomic E-state index is 0.682. The maximum Gasteiger partial charge on any atom is 0.127 e. The van der Waals surface area contributed by atoms with Crippen molar-refractivity contribution < 1.29 is 0 Å². The molecule has 0 unspecified atom stereocenters. The van der Waals surface area contributed by atoms with Crippen LogP contribution in [-0.2, 0) is 20.0 Å². The second-order valence-corrected chi connectivity index (χ2v) is 8.84. The number of hydrogen-bond donors (Lipinski definition) is 1. The van der Waals surface area contributed by atoms with Crippen molar-refractivity contribution in [1.29, 1.82) is 0 Å². The van der Waals surface area contributed by atoms with Gasteiger partial charge in [-0.15, -0.1) is 0 Å². The Morgan fingerprint density at radius 2 is 1.97 bits per heavy atom. The molecule has 0 amide bonds. The number of nitrogens with zero attached hydrogens (tertiary/aromatic N) is 5. The molecule has 0 saturated heterocycles. The molecule has 0 radical (unpaired) electrons. The van der Waals surface area contributed by atoms with Crippen LogP contribution in [0.4, 0.5) is 5.82 Å². The Morgan fingerprint density at radius 1 is 1.10 bits per heavy atom. The van der Waals surface area contributed by atoms with Crippen LogP contribution in [0.15, 0.2) is 30.5 Å². The lowest BCUT2D eigenvalue weighted by molar-refractivity contribution is 0.655. The molecule has 1 aliphatic heterocycles. The van der Waals surface area contributed by atoms with Crippen LogP contribution < -0.4 is 4.90 Å². The first kappa shape index (κ1) is 17.7. The molecule has 4 heterocycles. The number of H-pyrrole nitrogens is 1. The number of hydrogen-bond acceptors (Lipinski definition) is 4. The number of aryl methyl sites for hydroxylation is 3. The van der Waals surface area contributed by atoms with Gasteiger partial charge in [-0.05, 0) is 55.5 Å². The Hall–Kier alpha value is -3.15. The normalized spacial score (nSPS) is 16.3. The van der Waals surface area contributed by atoms with Gasteiger partial charge in [-0.25, -0.2) is 0 Å². The van der Waals surface area contributed by atoms with Gasteiger partial charge in [0.25, 0.3) is 0 Å². The molecule has 0 atom stereocenters. The molecule has 1 fully saturated rings. The van der Waals surface area contributed by atoms with Crippen molar-refractivity contribution in [2.24, 2.45) is 7.05 Å². The molecule has 6 rings (SSSR count). The van der Waals surface area contributed by atoms with Gasteiger partial charge >= 0.3 is 0 Å². The standard InChI is InChI=1S/C24H26N6/c1-14-4-7-20-17(12-25-27-20)24(14)22-10-15(2)18-13-30(9-8-19(18)26-22)23-11-21(16-5-6-16)28-29(23)3/h4,7,10-12,16H,5-6,8-9,13H2,1-3H3,(H,25,27). The van der Waals surface area contributed by atoms with Crippen LogP contribution in [0.1, 0.15) is 46.8 Å². The number of fused-ring (bicyclic) bond motifs is 2. The zero-order valence-corrected chi connectivity index (χ0v) is 17.7.